The van der Waals surface area contributed by atoms with Crippen LogP contribution in [-0.2, 0) is 0 Å². The highest BCUT2D eigenvalue weighted by molar-refractivity contribution is 5.90. The van der Waals surface area contributed by atoms with Gasteiger partial charge in [-0.3, -0.25) is 4.79 Å². The van der Waals surface area contributed by atoms with Crippen LogP contribution in [0.15, 0.2) is 0 Å². The van der Waals surface area contributed by atoms with Gasteiger partial charge in [-0.05, 0) is 18.1 Å². The van der Waals surface area contributed by atoms with Crippen molar-refractivity contribution >= 4 is 5.91 Å². The Kier molecular flexibility index (Phi) is 2.40. The molecule has 1 aromatic heterocycles. The smallest absolute Gasteiger partial charge is 0.295 e. The van der Waals surface area contributed by atoms with Gasteiger partial charge in [-0.15, -0.1) is 10.2 Å². The predicted octanol–water partition coefficient (Wildman–Crippen LogP) is -1.24. The Morgan fingerprint density at radius 2 is 2.21 bits per heavy atom. The summed E-state index contributed by atoms with van der Waals surface area (Å²) in [5, 5.41) is 12.9. The van der Waals surface area contributed by atoms with Crippen molar-refractivity contribution in [3.63, 3.8) is 0 Å². The van der Waals surface area contributed by atoms with E-state index in [2.05, 4.69) is 20.6 Å². The van der Waals surface area contributed by atoms with Crippen molar-refractivity contribution < 1.29 is 4.79 Å². The zero-order valence-corrected chi connectivity index (χ0v) is 7.68. The van der Waals surface area contributed by atoms with E-state index in [-0.39, 0.29) is 17.8 Å². The van der Waals surface area contributed by atoms with Gasteiger partial charge in [-0.25, -0.2) is 0 Å². The van der Waals surface area contributed by atoms with Gasteiger partial charge in [-0.2, -0.15) is 5.21 Å². The van der Waals surface area contributed by atoms with Gasteiger partial charge in [0.05, 0.1) is 0 Å². The van der Waals surface area contributed by atoms with Crippen molar-refractivity contribution in [1.29, 1.82) is 0 Å². The van der Waals surface area contributed by atoms with Crippen LogP contribution >= 0.6 is 0 Å². The highest BCUT2D eigenvalue weighted by Gasteiger charge is 2.23. The number of nitrogens with zero attached hydrogens (tertiary/aromatic N) is 4. The molecule has 1 fully saturated rings. The van der Waals surface area contributed by atoms with Crippen LogP contribution in [0.25, 0.3) is 0 Å². The number of nitrogens with two attached hydrogens (primary N) is 1. The minimum atomic E-state index is -0.175. The molecule has 1 aromatic rings. The van der Waals surface area contributed by atoms with E-state index in [1.807, 2.05) is 0 Å². The van der Waals surface area contributed by atoms with Crippen molar-refractivity contribution in [2.24, 2.45) is 5.73 Å². The first-order valence-electron chi connectivity index (χ1n) is 4.55. The molecule has 76 valence electrons. The molecule has 0 atom stereocenters. The molecule has 3 N–H and O–H groups in total. The highest BCUT2D eigenvalue weighted by Crippen LogP contribution is 2.09. The quantitative estimate of drug-likeness (QED) is 0.585. The van der Waals surface area contributed by atoms with Crippen molar-refractivity contribution in [3.05, 3.63) is 5.82 Å². The van der Waals surface area contributed by atoms with E-state index in [0.717, 1.165) is 12.8 Å². The van der Waals surface area contributed by atoms with Gasteiger partial charge in [-0.1, -0.05) is 0 Å². The van der Waals surface area contributed by atoms with Crippen LogP contribution in [0.5, 0.6) is 0 Å². The van der Waals surface area contributed by atoms with E-state index in [4.69, 9.17) is 5.73 Å². The van der Waals surface area contributed by atoms with Crippen molar-refractivity contribution in [1.82, 2.24) is 25.5 Å². The van der Waals surface area contributed by atoms with Gasteiger partial charge in [0.2, 0.25) is 0 Å². The van der Waals surface area contributed by atoms with Crippen LogP contribution in [-0.4, -0.2) is 50.6 Å². The maximum Gasteiger partial charge on any atom is 0.295 e. The third-order valence-corrected chi connectivity index (χ3v) is 2.36. The molecule has 0 aliphatic carbocycles. The van der Waals surface area contributed by atoms with Crippen molar-refractivity contribution in [2.75, 3.05) is 13.1 Å². The summed E-state index contributed by atoms with van der Waals surface area (Å²) in [6, 6.07) is 0.212. The predicted molar refractivity (Wildman–Crippen MR) is 47.3 cm³/mol. The molecular weight excluding hydrogens is 184 g/mol. The van der Waals surface area contributed by atoms with E-state index in [1.165, 1.54) is 0 Å². The number of nitrogens with one attached hydrogen (secondary N) is 1. The number of amides is 1. The summed E-state index contributed by atoms with van der Waals surface area (Å²) in [7, 11) is 0. The second-order valence-electron chi connectivity index (χ2n) is 3.37. The number of carbonyl (C=O) groups excluding carboxylic acids is 1. The maximum absolute atomic E-state index is 11.7. The molecule has 0 saturated carbocycles. The number of aromatic amines is 1. The molecule has 0 aromatic carbocycles. The number of piperidine rings is 1. The lowest BCUT2D eigenvalue weighted by Gasteiger charge is -2.28. The lowest BCUT2D eigenvalue weighted by Crippen LogP contribution is -2.43. The molecule has 1 amide bonds. The van der Waals surface area contributed by atoms with Gasteiger partial charge in [0.15, 0.2) is 0 Å². The van der Waals surface area contributed by atoms with E-state index < -0.39 is 0 Å². The lowest BCUT2D eigenvalue weighted by molar-refractivity contribution is 0.0702. The average molecular weight is 196 g/mol. The molecule has 0 unspecified atom stereocenters. The molecule has 1 aliphatic rings. The van der Waals surface area contributed by atoms with Gasteiger partial charge in [0, 0.05) is 19.1 Å². The summed E-state index contributed by atoms with van der Waals surface area (Å²) >= 11 is 0. The summed E-state index contributed by atoms with van der Waals surface area (Å²) in [4.78, 5) is 13.4. The first kappa shape index (κ1) is 9.07. The Morgan fingerprint density at radius 1 is 1.50 bits per heavy atom. The normalized spacial score (nSPS) is 18.5. The average Bonchev–Trinajstić information content (AvgIpc) is 2.71. The highest BCUT2D eigenvalue weighted by atomic mass is 16.2. The van der Waals surface area contributed by atoms with Crippen LogP contribution in [0.1, 0.15) is 23.5 Å². The Bertz CT molecular complexity index is 302. The fourth-order valence-corrected chi connectivity index (χ4v) is 1.50. The maximum atomic E-state index is 11.7. The number of aromatic nitrogens is 4. The zero-order chi connectivity index (χ0) is 9.97. The second-order valence-corrected chi connectivity index (χ2v) is 3.37. The summed E-state index contributed by atoms with van der Waals surface area (Å²) in [5.41, 5.74) is 5.73. The Hall–Kier alpha value is -1.50. The number of H-pyrrole nitrogens is 1. The molecule has 1 saturated heterocycles. The second kappa shape index (κ2) is 3.70. The van der Waals surface area contributed by atoms with Crippen molar-refractivity contribution in [3.8, 4) is 0 Å². The van der Waals surface area contributed by atoms with E-state index in [1.54, 1.807) is 4.90 Å². The topological polar surface area (TPSA) is 101 Å². The fourth-order valence-electron chi connectivity index (χ4n) is 1.50. The molecule has 7 nitrogen and oxygen atoms in total. The Labute approximate surface area is 80.6 Å². The number of rotatable bonds is 1. The van der Waals surface area contributed by atoms with Crippen LogP contribution in [0, 0.1) is 0 Å². The van der Waals surface area contributed by atoms with Crippen LogP contribution in [0.3, 0.4) is 0 Å². The van der Waals surface area contributed by atoms with Gasteiger partial charge in [0.25, 0.3) is 11.7 Å². The third-order valence-electron chi connectivity index (χ3n) is 2.36. The van der Waals surface area contributed by atoms with Crippen LogP contribution in [0.2, 0.25) is 0 Å². The molecule has 14 heavy (non-hydrogen) atoms. The molecule has 2 rings (SSSR count). The molecular formula is C7H12N6O. The SMILES string of the molecule is NC1CCN(C(=O)c2nn[nH]n2)CC1. The molecule has 1 aliphatic heterocycles. The summed E-state index contributed by atoms with van der Waals surface area (Å²) in [6.07, 6.45) is 1.67. The third kappa shape index (κ3) is 1.72. The molecule has 0 bridgehead atoms. The summed E-state index contributed by atoms with van der Waals surface area (Å²) in [5.74, 6) is -0.0499. The largest absolute Gasteiger partial charge is 0.336 e. The monoisotopic (exact) mass is 196 g/mol. The summed E-state index contributed by atoms with van der Waals surface area (Å²) < 4.78 is 0. The van der Waals surface area contributed by atoms with E-state index in [0.29, 0.717) is 13.1 Å². The van der Waals surface area contributed by atoms with Gasteiger partial charge in [0.1, 0.15) is 0 Å². The van der Waals surface area contributed by atoms with Crippen molar-refractivity contribution in [2.45, 2.75) is 18.9 Å². The van der Waals surface area contributed by atoms with Gasteiger partial charge >= 0.3 is 0 Å². The standard InChI is InChI=1S/C7H12N6O/c8-5-1-3-13(4-2-5)7(14)6-9-11-12-10-6/h5H,1-4,8H2,(H,9,10,11,12). The summed E-state index contributed by atoms with van der Waals surface area (Å²) in [6.45, 7) is 1.35. The zero-order valence-electron chi connectivity index (χ0n) is 7.68. The van der Waals surface area contributed by atoms with Crippen LogP contribution in [0.4, 0.5) is 0 Å². The number of likely N-dealkylation sites (tertiary alicyclic amines) is 1. The molecule has 0 radical (unpaired) electrons. The number of hydrogen-bond donors (Lipinski definition) is 2. The molecule has 2 heterocycles. The molecule has 7 heteroatoms. The van der Waals surface area contributed by atoms with E-state index >= 15 is 0 Å². The minimum absolute atomic E-state index is 0.125. The van der Waals surface area contributed by atoms with Gasteiger partial charge < -0.3 is 10.6 Å². The Morgan fingerprint density at radius 3 is 2.79 bits per heavy atom. The first-order chi connectivity index (χ1) is 6.77. The molecule has 0 spiro atoms. The van der Waals surface area contributed by atoms with E-state index in [9.17, 15) is 4.79 Å². The first-order valence-corrected chi connectivity index (χ1v) is 4.55. The fraction of sp³-hybridized carbons (Fsp3) is 0.714. The number of hydrogen-bond acceptors (Lipinski definition) is 5. The Balaban J connectivity index is 1.99. The number of carbonyl (C=O) groups is 1. The lowest BCUT2D eigenvalue weighted by atomic mass is 10.1. The number of tetrazole rings is 1. The minimum Gasteiger partial charge on any atom is -0.336 e. The van der Waals surface area contributed by atoms with Crippen LogP contribution < -0.4 is 5.73 Å².